The van der Waals surface area contributed by atoms with E-state index in [-0.39, 0.29) is 5.54 Å². The molecule has 1 fully saturated rings. The number of aromatic nitrogens is 1. The van der Waals surface area contributed by atoms with Crippen LogP contribution in [0.3, 0.4) is 0 Å². The summed E-state index contributed by atoms with van der Waals surface area (Å²) in [6, 6.07) is 2.16. The first-order valence-electron chi connectivity index (χ1n) is 5.12. The van der Waals surface area contributed by atoms with E-state index >= 15 is 0 Å². The van der Waals surface area contributed by atoms with Crippen molar-refractivity contribution in [1.82, 2.24) is 4.57 Å². The topological polar surface area (TPSA) is 30.9 Å². The molecule has 2 N–H and O–H groups in total. The van der Waals surface area contributed by atoms with Gasteiger partial charge >= 0.3 is 0 Å². The lowest BCUT2D eigenvalue weighted by atomic mass is 9.78. The van der Waals surface area contributed by atoms with Gasteiger partial charge in [-0.25, -0.2) is 0 Å². The molecule has 72 valence electrons. The van der Waals surface area contributed by atoms with Gasteiger partial charge in [-0.3, -0.25) is 0 Å². The summed E-state index contributed by atoms with van der Waals surface area (Å²) in [5, 5.41) is 0. The van der Waals surface area contributed by atoms with Crippen LogP contribution in [0.5, 0.6) is 0 Å². The molecule has 0 saturated heterocycles. The highest BCUT2D eigenvalue weighted by Crippen LogP contribution is 2.34. The molecule has 1 saturated carbocycles. The molecule has 1 heterocycles. The SMILES string of the molecule is Cn1ccc(C2(N)CCCCC2)c1. The standard InChI is InChI=1S/C11H18N2/c1-13-8-5-10(9-13)11(12)6-3-2-4-7-11/h5,8-9H,2-4,6-7,12H2,1H3. The van der Waals surface area contributed by atoms with Crippen LogP contribution in [0.25, 0.3) is 0 Å². The van der Waals surface area contributed by atoms with Gasteiger partial charge in [0.15, 0.2) is 0 Å². The Morgan fingerprint density at radius 3 is 2.54 bits per heavy atom. The number of nitrogens with zero attached hydrogens (tertiary/aromatic N) is 1. The maximum absolute atomic E-state index is 6.38. The second-order valence-electron chi connectivity index (χ2n) is 4.28. The Bertz CT molecular complexity index is 282. The lowest BCUT2D eigenvalue weighted by Gasteiger charge is -2.32. The molecule has 0 aromatic carbocycles. The maximum atomic E-state index is 6.38. The van der Waals surface area contributed by atoms with Crippen molar-refractivity contribution in [2.45, 2.75) is 37.6 Å². The third-order valence-corrected chi connectivity index (χ3v) is 3.15. The highest BCUT2D eigenvalue weighted by molar-refractivity contribution is 5.21. The summed E-state index contributed by atoms with van der Waals surface area (Å²) in [5.41, 5.74) is 7.67. The largest absolute Gasteiger partial charge is 0.357 e. The summed E-state index contributed by atoms with van der Waals surface area (Å²) in [6.07, 6.45) is 10.5. The number of nitrogens with two attached hydrogens (primary N) is 1. The summed E-state index contributed by atoms with van der Waals surface area (Å²) >= 11 is 0. The van der Waals surface area contributed by atoms with Gasteiger partial charge in [-0.1, -0.05) is 19.3 Å². The second kappa shape index (κ2) is 3.18. The van der Waals surface area contributed by atoms with Gasteiger partial charge in [0.25, 0.3) is 0 Å². The smallest absolute Gasteiger partial charge is 0.0424 e. The van der Waals surface area contributed by atoms with E-state index in [4.69, 9.17) is 5.73 Å². The molecular weight excluding hydrogens is 160 g/mol. The predicted molar refractivity (Wildman–Crippen MR) is 54.4 cm³/mol. The zero-order chi connectivity index (χ0) is 9.31. The minimum absolute atomic E-state index is 0.0283. The van der Waals surface area contributed by atoms with E-state index in [1.54, 1.807) is 0 Å². The Balaban J connectivity index is 2.22. The second-order valence-corrected chi connectivity index (χ2v) is 4.28. The minimum atomic E-state index is -0.0283. The Morgan fingerprint density at radius 2 is 2.00 bits per heavy atom. The molecule has 2 nitrogen and oxygen atoms in total. The average Bonchev–Trinajstić information content (AvgIpc) is 2.54. The zero-order valence-corrected chi connectivity index (χ0v) is 8.29. The highest BCUT2D eigenvalue weighted by atomic mass is 14.9. The molecule has 1 aromatic rings. The van der Waals surface area contributed by atoms with E-state index < -0.39 is 0 Å². The van der Waals surface area contributed by atoms with E-state index in [0.717, 1.165) is 12.8 Å². The fourth-order valence-corrected chi connectivity index (χ4v) is 2.27. The van der Waals surface area contributed by atoms with Gasteiger partial charge in [-0.05, 0) is 24.5 Å². The van der Waals surface area contributed by atoms with Crippen LogP contribution in [-0.4, -0.2) is 4.57 Å². The average molecular weight is 178 g/mol. The van der Waals surface area contributed by atoms with Gasteiger partial charge in [0.1, 0.15) is 0 Å². The summed E-state index contributed by atoms with van der Waals surface area (Å²) in [7, 11) is 2.05. The normalized spacial score (nSPS) is 21.7. The van der Waals surface area contributed by atoms with Gasteiger partial charge in [0.05, 0.1) is 0 Å². The van der Waals surface area contributed by atoms with Crippen molar-refractivity contribution in [3.05, 3.63) is 24.0 Å². The number of hydrogen-bond acceptors (Lipinski definition) is 1. The van der Waals surface area contributed by atoms with Crippen LogP contribution in [0, 0.1) is 0 Å². The van der Waals surface area contributed by atoms with Gasteiger partial charge < -0.3 is 10.3 Å². The van der Waals surface area contributed by atoms with E-state index in [0.29, 0.717) is 0 Å². The fourth-order valence-electron chi connectivity index (χ4n) is 2.27. The summed E-state index contributed by atoms with van der Waals surface area (Å²) in [6.45, 7) is 0. The summed E-state index contributed by atoms with van der Waals surface area (Å²) in [4.78, 5) is 0. The number of rotatable bonds is 1. The maximum Gasteiger partial charge on any atom is 0.0424 e. The molecule has 2 heteroatoms. The van der Waals surface area contributed by atoms with Crippen LogP contribution in [0.4, 0.5) is 0 Å². The molecular formula is C11H18N2. The third kappa shape index (κ3) is 1.63. The quantitative estimate of drug-likeness (QED) is 0.701. The van der Waals surface area contributed by atoms with Crippen LogP contribution in [0.2, 0.25) is 0 Å². The van der Waals surface area contributed by atoms with Gasteiger partial charge in [0.2, 0.25) is 0 Å². The monoisotopic (exact) mass is 178 g/mol. The number of aryl methyl sites for hydroxylation is 1. The first kappa shape index (κ1) is 8.82. The van der Waals surface area contributed by atoms with Crippen LogP contribution < -0.4 is 5.73 Å². The molecule has 0 aliphatic heterocycles. The van der Waals surface area contributed by atoms with Gasteiger partial charge in [-0.15, -0.1) is 0 Å². The Labute approximate surface area is 79.7 Å². The van der Waals surface area contributed by atoms with Crippen molar-refractivity contribution in [3.63, 3.8) is 0 Å². The van der Waals surface area contributed by atoms with Crippen LogP contribution in [0.1, 0.15) is 37.7 Å². The Kier molecular flexibility index (Phi) is 2.16. The van der Waals surface area contributed by atoms with Crippen molar-refractivity contribution in [2.75, 3.05) is 0 Å². The first-order valence-corrected chi connectivity index (χ1v) is 5.12. The summed E-state index contributed by atoms with van der Waals surface area (Å²) < 4.78 is 2.08. The van der Waals surface area contributed by atoms with Crippen LogP contribution in [-0.2, 0) is 12.6 Å². The Morgan fingerprint density at radius 1 is 1.31 bits per heavy atom. The number of hydrogen-bond donors (Lipinski definition) is 1. The van der Waals surface area contributed by atoms with Crippen molar-refractivity contribution in [2.24, 2.45) is 12.8 Å². The molecule has 0 bridgehead atoms. The first-order chi connectivity index (χ1) is 6.21. The highest BCUT2D eigenvalue weighted by Gasteiger charge is 2.29. The molecule has 13 heavy (non-hydrogen) atoms. The molecule has 1 aliphatic carbocycles. The van der Waals surface area contributed by atoms with Crippen molar-refractivity contribution < 1.29 is 0 Å². The zero-order valence-electron chi connectivity index (χ0n) is 8.29. The van der Waals surface area contributed by atoms with E-state index in [2.05, 4.69) is 30.1 Å². The van der Waals surface area contributed by atoms with Gasteiger partial charge in [0, 0.05) is 25.0 Å². The predicted octanol–water partition coefficient (Wildman–Crippen LogP) is 2.14. The van der Waals surface area contributed by atoms with E-state index in [1.165, 1.54) is 24.8 Å². The summed E-state index contributed by atoms with van der Waals surface area (Å²) in [5.74, 6) is 0. The minimum Gasteiger partial charge on any atom is -0.357 e. The molecule has 1 aliphatic rings. The van der Waals surface area contributed by atoms with Crippen LogP contribution in [0.15, 0.2) is 18.5 Å². The molecule has 0 atom stereocenters. The molecule has 1 aromatic heterocycles. The molecule has 0 radical (unpaired) electrons. The lowest BCUT2D eigenvalue weighted by molar-refractivity contribution is 0.302. The van der Waals surface area contributed by atoms with Crippen LogP contribution >= 0.6 is 0 Å². The van der Waals surface area contributed by atoms with Crippen molar-refractivity contribution in [1.29, 1.82) is 0 Å². The molecule has 0 unspecified atom stereocenters. The molecule has 2 rings (SSSR count). The Hall–Kier alpha value is -0.760. The molecule has 0 spiro atoms. The van der Waals surface area contributed by atoms with Crippen molar-refractivity contribution in [3.8, 4) is 0 Å². The fraction of sp³-hybridized carbons (Fsp3) is 0.636. The van der Waals surface area contributed by atoms with Crippen molar-refractivity contribution >= 4 is 0 Å². The van der Waals surface area contributed by atoms with E-state index in [9.17, 15) is 0 Å². The lowest BCUT2D eigenvalue weighted by Crippen LogP contribution is -2.38. The third-order valence-electron chi connectivity index (χ3n) is 3.15. The molecule has 0 amide bonds. The van der Waals surface area contributed by atoms with Gasteiger partial charge in [-0.2, -0.15) is 0 Å². The van der Waals surface area contributed by atoms with E-state index in [1.807, 2.05) is 0 Å².